The summed E-state index contributed by atoms with van der Waals surface area (Å²) in [6.07, 6.45) is 0.517. The fourth-order valence-electron chi connectivity index (χ4n) is 1.70. The van der Waals surface area contributed by atoms with Crippen molar-refractivity contribution in [3.8, 4) is 0 Å². The van der Waals surface area contributed by atoms with E-state index in [4.69, 9.17) is 5.53 Å². The molecule has 1 fully saturated rings. The number of hydrogen-bond acceptors (Lipinski definition) is 1. The van der Waals surface area contributed by atoms with Crippen molar-refractivity contribution in [1.82, 2.24) is 0 Å². The highest BCUT2D eigenvalue weighted by Gasteiger charge is 2.43. The SMILES string of the molecule is [N-]=[N+]=NC(=O)C1CC1c1ccc(F)c(F)c1. The van der Waals surface area contributed by atoms with Crippen molar-refractivity contribution in [2.45, 2.75) is 12.3 Å². The van der Waals surface area contributed by atoms with Gasteiger partial charge < -0.3 is 0 Å². The van der Waals surface area contributed by atoms with E-state index in [1.54, 1.807) is 0 Å². The van der Waals surface area contributed by atoms with E-state index < -0.39 is 17.5 Å². The van der Waals surface area contributed by atoms with Crippen LogP contribution in [0.1, 0.15) is 17.9 Å². The Balaban J connectivity index is 2.14. The summed E-state index contributed by atoms with van der Waals surface area (Å²) in [5.74, 6) is -2.94. The van der Waals surface area contributed by atoms with Crippen molar-refractivity contribution in [3.05, 3.63) is 45.8 Å². The molecule has 2 atom stereocenters. The summed E-state index contributed by atoms with van der Waals surface area (Å²) in [5.41, 5.74) is 8.64. The molecular formula is C10H7F2N3O. The molecule has 1 aliphatic carbocycles. The van der Waals surface area contributed by atoms with Crippen LogP contribution in [0.25, 0.3) is 10.4 Å². The van der Waals surface area contributed by atoms with Crippen LogP contribution in [-0.2, 0) is 4.79 Å². The Morgan fingerprint density at radius 3 is 2.81 bits per heavy atom. The van der Waals surface area contributed by atoms with Gasteiger partial charge in [0.2, 0.25) is 5.91 Å². The first-order valence-corrected chi connectivity index (χ1v) is 4.67. The van der Waals surface area contributed by atoms with E-state index in [1.165, 1.54) is 6.07 Å². The summed E-state index contributed by atoms with van der Waals surface area (Å²) in [7, 11) is 0. The molecule has 0 aromatic heterocycles. The number of carbonyl (C=O) groups is 1. The lowest BCUT2D eigenvalue weighted by atomic mass is 10.1. The minimum absolute atomic E-state index is 0.159. The monoisotopic (exact) mass is 223 g/mol. The summed E-state index contributed by atoms with van der Waals surface area (Å²) in [4.78, 5) is 13.6. The summed E-state index contributed by atoms with van der Waals surface area (Å²) >= 11 is 0. The topological polar surface area (TPSA) is 65.8 Å². The highest BCUT2D eigenvalue weighted by Crippen LogP contribution is 2.48. The minimum atomic E-state index is -0.931. The van der Waals surface area contributed by atoms with Crippen LogP contribution < -0.4 is 0 Å². The van der Waals surface area contributed by atoms with Gasteiger partial charge in [0.1, 0.15) is 0 Å². The van der Waals surface area contributed by atoms with Crippen molar-refractivity contribution in [3.63, 3.8) is 0 Å². The Morgan fingerprint density at radius 1 is 1.44 bits per heavy atom. The summed E-state index contributed by atoms with van der Waals surface area (Å²) < 4.78 is 25.6. The molecule has 1 aliphatic rings. The lowest BCUT2D eigenvalue weighted by Crippen LogP contribution is -1.97. The van der Waals surface area contributed by atoms with Gasteiger partial charge >= 0.3 is 0 Å². The third kappa shape index (κ3) is 1.87. The Morgan fingerprint density at radius 2 is 2.19 bits per heavy atom. The second kappa shape index (κ2) is 3.90. The molecule has 6 heteroatoms. The zero-order chi connectivity index (χ0) is 11.7. The van der Waals surface area contributed by atoms with Crippen molar-refractivity contribution in [2.75, 3.05) is 0 Å². The maximum absolute atomic E-state index is 12.9. The average molecular weight is 223 g/mol. The normalized spacial score (nSPS) is 22.4. The van der Waals surface area contributed by atoms with Crippen molar-refractivity contribution in [2.24, 2.45) is 11.0 Å². The van der Waals surface area contributed by atoms with Gasteiger partial charge in [-0.2, -0.15) is 0 Å². The number of rotatable bonds is 2. The van der Waals surface area contributed by atoms with Crippen LogP contribution in [0, 0.1) is 17.6 Å². The number of halogens is 2. The third-order valence-corrected chi connectivity index (χ3v) is 2.62. The molecule has 1 saturated carbocycles. The molecule has 0 saturated heterocycles. The summed E-state index contributed by atoms with van der Waals surface area (Å²) in [6.45, 7) is 0. The highest BCUT2D eigenvalue weighted by atomic mass is 19.2. The molecule has 0 heterocycles. The Labute approximate surface area is 89.5 Å². The van der Waals surface area contributed by atoms with E-state index in [-0.39, 0.29) is 11.8 Å². The largest absolute Gasteiger partial charge is 0.292 e. The molecule has 0 aliphatic heterocycles. The molecule has 1 aromatic rings. The van der Waals surface area contributed by atoms with Crippen molar-refractivity contribution < 1.29 is 13.6 Å². The van der Waals surface area contributed by atoms with Gasteiger partial charge in [-0.15, -0.1) is 0 Å². The predicted octanol–water partition coefficient (Wildman–Crippen LogP) is 2.91. The van der Waals surface area contributed by atoms with Gasteiger partial charge in [-0.05, 0) is 40.7 Å². The fraction of sp³-hybridized carbons (Fsp3) is 0.300. The molecule has 4 nitrogen and oxygen atoms in total. The molecule has 0 N–H and O–H groups in total. The number of amides is 1. The molecule has 1 aromatic carbocycles. The van der Waals surface area contributed by atoms with E-state index in [0.717, 1.165) is 12.1 Å². The zero-order valence-electron chi connectivity index (χ0n) is 8.10. The third-order valence-electron chi connectivity index (χ3n) is 2.62. The minimum Gasteiger partial charge on any atom is -0.292 e. The molecule has 0 radical (unpaired) electrons. The molecule has 0 bridgehead atoms. The smallest absolute Gasteiger partial charge is 0.222 e. The number of carbonyl (C=O) groups excluding carboxylic acids is 1. The zero-order valence-corrected chi connectivity index (χ0v) is 8.10. The second-order valence-electron chi connectivity index (χ2n) is 3.65. The lowest BCUT2D eigenvalue weighted by Gasteiger charge is -1.99. The summed E-state index contributed by atoms with van der Waals surface area (Å²) in [5, 5.41) is 2.98. The van der Waals surface area contributed by atoms with Crippen LogP contribution in [-0.4, -0.2) is 5.91 Å². The van der Waals surface area contributed by atoms with Crippen LogP contribution in [0.2, 0.25) is 0 Å². The number of hydrogen-bond donors (Lipinski definition) is 0. The molecular weight excluding hydrogens is 216 g/mol. The van der Waals surface area contributed by atoms with Crippen LogP contribution >= 0.6 is 0 Å². The lowest BCUT2D eigenvalue weighted by molar-refractivity contribution is -0.119. The molecule has 2 unspecified atom stereocenters. The van der Waals surface area contributed by atoms with Gasteiger partial charge in [-0.3, -0.25) is 4.79 Å². The maximum Gasteiger partial charge on any atom is 0.222 e. The van der Waals surface area contributed by atoms with Gasteiger partial charge in [0.05, 0.1) is 0 Å². The van der Waals surface area contributed by atoms with E-state index in [0.29, 0.717) is 12.0 Å². The molecule has 16 heavy (non-hydrogen) atoms. The standard InChI is InChI=1S/C10H7F2N3O/c11-8-2-1-5(3-9(8)12)6-4-7(6)10(16)14-15-13/h1-3,6-7H,4H2. The van der Waals surface area contributed by atoms with Gasteiger partial charge in [0.15, 0.2) is 11.6 Å². The quantitative estimate of drug-likeness (QED) is 0.431. The maximum atomic E-state index is 12.9. The highest BCUT2D eigenvalue weighted by molar-refractivity contribution is 5.83. The number of benzene rings is 1. The van der Waals surface area contributed by atoms with Crippen LogP contribution in [0.3, 0.4) is 0 Å². The van der Waals surface area contributed by atoms with Crippen molar-refractivity contribution >= 4 is 5.91 Å². The fourth-order valence-corrected chi connectivity index (χ4v) is 1.70. The van der Waals surface area contributed by atoms with Gasteiger partial charge in [0, 0.05) is 10.8 Å². The van der Waals surface area contributed by atoms with E-state index in [2.05, 4.69) is 10.0 Å². The molecule has 2 rings (SSSR count). The number of nitrogens with zero attached hydrogens (tertiary/aromatic N) is 3. The summed E-state index contributed by atoms with van der Waals surface area (Å²) in [6, 6.07) is 3.54. The van der Waals surface area contributed by atoms with Crippen LogP contribution in [0.4, 0.5) is 8.78 Å². The Kier molecular flexibility index (Phi) is 2.58. The van der Waals surface area contributed by atoms with Gasteiger partial charge in [-0.1, -0.05) is 6.07 Å². The average Bonchev–Trinajstić information content (AvgIpc) is 3.02. The Bertz CT molecular complexity index is 497. The molecule has 0 spiro atoms. The predicted molar refractivity (Wildman–Crippen MR) is 51.4 cm³/mol. The first kappa shape index (κ1) is 10.6. The molecule has 1 amide bonds. The van der Waals surface area contributed by atoms with Crippen LogP contribution in [0.15, 0.2) is 23.3 Å². The van der Waals surface area contributed by atoms with E-state index in [9.17, 15) is 13.6 Å². The van der Waals surface area contributed by atoms with Gasteiger partial charge in [-0.25, -0.2) is 8.78 Å². The van der Waals surface area contributed by atoms with E-state index >= 15 is 0 Å². The Hall–Kier alpha value is -1.94. The van der Waals surface area contributed by atoms with Gasteiger partial charge in [0.25, 0.3) is 0 Å². The first-order valence-electron chi connectivity index (χ1n) is 4.67. The second-order valence-corrected chi connectivity index (χ2v) is 3.65. The molecule has 82 valence electrons. The van der Waals surface area contributed by atoms with E-state index in [1.807, 2.05) is 0 Å². The number of azide groups is 1. The first-order chi connectivity index (χ1) is 7.63. The van der Waals surface area contributed by atoms with Crippen molar-refractivity contribution in [1.29, 1.82) is 0 Å². The van der Waals surface area contributed by atoms with Crippen LogP contribution in [0.5, 0.6) is 0 Å².